The van der Waals surface area contributed by atoms with Crippen molar-refractivity contribution in [2.45, 2.75) is 60.4 Å². The highest BCUT2D eigenvalue weighted by Crippen LogP contribution is 2.21. The van der Waals surface area contributed by atoms with Gasteiger partial charge in [-0.25, -0.2) is 0 Å². The van der Waals surface area contributed by atoms with Crippen molar-refractivity contribution in [1.82, 2.24) is 0 Å². The Kier molecular flexibility index (Phi) is 3.49. The molecule has 0 amide bonds. The molecule has 1 nitrogen and oxygen atoms in total. The summed E-state index contributed by atoms with van der Waals surface area (Å²) in [5.74, 6) is 0. The molecule has 0 N–H and O–H groups in total. The number of nitrogens with zero attached hydrogens (tertiary/aromatic N) is 1. The van der Waals surface area contributed by atoms with E-state index < -0.39 is 0 Å². The van der Waals surface area contributed by atoms with Crippen molar-refractivity contribution in [2.75, 3.05) is 0 Å². The fourth-order valence-electron chi connectivity index (χ4n) is 1.18. The molecule has 0 saturated carbocycles. The maximum absolute atomic E-state index is 4.72. The zero-order valence-corrected chi connectivity index (χ0v) is 9.65. The molecule has 0 aliphatic rings. The van der Waals surface area contributed by atoms with E-state index in [4.69, 9.17) is 4.99 Å². The quantitative estimate of drug-likeness (QED) is 0.531. The van der Waals surface area contributed by atoms with Crippen LogP contribution in [0.25, 0.3) is 0 Å². The molecule has 0 heterocycles. The molecule has 0 bridgehead atoms. The predicted molar refractivity (Wildman–Crippen MR) is 56.9 cm³/mol. The first-order valence-corrected chi connectivity index (χ1v) is 4.76. The molecule has 0 unspecified atom stereocenters. The zero-order chi connectivity index (χ0) is 9.99. The summed E-state index contributed by atoms with van der Waals surface area (Å²) >= 11 is 0. The van der Waals surface area contributed by atoms with Crippen LogP contribution in [-0.2, 0) is 0 Å². The maximum Gasteiger partial charge on any atom is 0.0523 e. The first kappa shape index (κ1) is 11.7. The van der Waals surface area contributed by atoms with E-state index in [9.17, 15) is 0 Å². The molecule has 0 aromatic heterocycles. The van der Waals surface area contributed by atoms with Gasteiger partial charge >= 0.3 is 0 Å². The topological polar surface area (TPSA) is 12.4 Å². The molecule has 72 valence electrons. The minimum Gasteiger partial charge on any atom is -0.288 e. The Morgan fingerprint density at radius 1 is 1.00 bits per heavy atom. The van der Waals surface area contributed by atoms with Gasteiger partial charge in [-0.3, -0.25) is 4.99 Å². The minimum absolute atomic E-state index is 0.0681. The Bertz CT molecular complexity index is 164. The van der Waals surface area contributed by atoms with Crippen molar-refractivity contribution in [3.05, 3.63) is 0 Å². The van der Waals surface area contributed by atoms with Crippen LogP contribution in [0.15, 0.2) is 4.99 Å². The lowest BCUT2D eigenvalue weighted by molar-refractivity contribution is 0.532. The van der Waals surface area contributed by atoms with Crippen LogP contribution >= 0.6 is 0 Å². The Morgan fingerprint density at radius 3 is 1.50 bits per heavy atom. The van der Waals surface area contributed by atoms with Crippen molar-refractivity contribution < 1.29 is 0 Å². The third-order valence-corrected chi connectivity index (χ3v) is 1.67. The Morgan fingerprint density at radius 2 is 1.42 bits per heavy atom. The second-order valence-corrected chi connectivity index (χ2v) is 5.33. The van der Waals surface area contributed by atoms with Crippen LogP contribution in [0.1, 0.15) is 54.9 Å². The largest absolute Gasteiger partial charge is 0.288 e. The van der Waals surface area contributed by atoms with Gasteiger partial charge in [0.2, 0.25) is 0 Å². The van der Waals surface area contributed by atoms with Gasteiger partial charge in [-0.05, 0) is 32.6 Å². The third kappa shape index (κ3) is 4.53. The SMILES string of the molecule is CC/C(=N\C(C)(C)C)C(C)(C)C. The van der Waals surface area contributed by atoms with E-state index in [0.29, 0.717) is 0 Å². The van der Waals surface area contributed by atoms with E-state index in [-0.39, 0.29) is 11.0 Å². The van der Waals surface area contributed by atoms with Crippen LogP contribution in [0.2, 0.25) is 0 Å². The number of rotatable bonds is 1. The van der Waals surface area contributed by atoms with Gasteiger partial charge in [0, 0.05) is 5.71 Å². The molecule has 12 heavy (non-hydrogen) atoms. The summed E-state index contributed by atoms with van der Waals surface area (Å²) in [7, 11) is 0. The molecular weight excluding hydrogens is 146 g/mol. The summed E-state index contributed by atoms with van der Waals surface area (Å²) in [6, 6.07) is 0. The van der Waals surface area contributed by atoms with Gasteiger partial charge in [0.1, 0.15) is 0 Å². The van der Waals surface area contributed by atoms with Gasteiger partial charge in [0.05, 0.1) is 5.54 Å². The van der Waals surface area contributed by atoms with Crippen LogP contribution < -0.4 is 0 Å². The average Bonchev–Trinajstić information content (AvgIpc) is 1.78. The second kappa shape index (κ2) is 3.59. The number of aliphatic imine (C=N–C) groups is 1. The van der Waals surface area contributed by atoms with E-state index in [1.54, 1.807) is 0 Å². The molecule has 1 heteroatoms. The smallest absolute Gasteiger partial charge is 0.0523 e. The zero-order valence-electron chi connectivity index (χ0n) is 9.65. The summed E-state index contributed by atoms with van der Waals surface area (Å²) in [4.78, 5) is 4.72. The summed E-state index contributed by atoms with van der Waals surface area (Å²) in [6.45, 7) is 15.3. The second-order valence-electron chi connectivity index (χ2n) is 5.33. The van der Waals surface area contributed by atoms with E-state index in [0.717, 1.165) is 6.42 Å². The van der Waals surface area contributed by atoms with E-state index >= 15 is 0 Å². The van der Waals surface area contributed by atoms with Crippen LogP contribution in [0, 0.1) is 5.41 Å². The number of hydrogen-bond acceptors (Lipinski definition) is 1. The average molecular weight is 169 g/mol. The lowest BCUT2D eigenvalue weighted by Crippen LogP contribution is -2.24. The van der Waals surface area contributed by atoms with Gasteiger partial charge in [-0.2, -0.15) is 0 Å². The van der Waals surface area contributed by atoms with Crippen molar-refractivity contribution in [3.63, 3.8) is 0 Å². The first-order valence-electron chi connectivity index (χ1n) is 4.76. The highest BCUT2D eigenvalue weighted by Gasteiger charge is 2.19. The van der Waals surface area contributed by atoms with Crippen molar-refractivity contribution in [3.8, 4) is 0 Å². The molecule has 0 spiro atoms. The third-order valence-electron chi connectivity index (χ3n) is 1.67. The highest BCUT2D eigenvalue weighted by molar-refractivity contribution is 5.89. The molecule has 0 radical (unpaired) electrons. The number of hydrogen-bond donors (Lipinski definition) is 0. The molecule has 0 aliphatic carbocycles. The maximum atomic E-state index is 4.72. The van der Waals surface area contributed by atoms with Gasteiger partial charge in [-0.15, -0.1) is 0 Å². The Balaban J connectivity index is 4.68. The van der Waals surface area contributed by atoms with Gasteiger partial charge in [0.15, 0.2) is 0 Å². The first-order chi connectivity index (χ1) is 5.17. The van der Waals surface area contributed by atoms with Crippen LogP contribution in [0.3, 0.4) is 0 Å². The lowest BCUT2D eigenvalue weighted by atomic mass is 9.87. The Hall–Kier alpha value is -0.330. The monoisotopic (exact) mass is 169 g/mol. The van der Waals surface area contributed by atoms with Crippen LogP contribution in [0.5, 0.6) is 0 Å². The lowest BCUT2D eigenvalue weighted by Gasteiger charge is -2.25. The van der Waals surface area contributed by atoms with Gasteiger partial charge in [0.25, 0.3) is 0 Å². The summed E-state index contributed by atoms with van der Waals surface area (Å²) < 4.78 is 0. The summed E-state index contributed by atoms with van der Waals surface area (Å²) in [5.41, 5.74) is 1.61. The van der Waals surface area contributed by atoms with Crippen molar-refractivity contribution in [1.29, 1.82) is 0 Å². The molecular formula is C11H23N. The standard InChI is InChI=1S/C11H23N/c1-8-9(10(2,3)4)12-11(5,6)7/h8H2,1-7H3/b12-9+. The van der Waals surface area contributed by atoms with Gasteiger partial charge < -0.3 is 0 Å². The molecule has 0 fully saturated rings. The van der Waals surface area contributed by atoms with Crippen molar-refractivity contribution >= 4 is 5.71 Å². The van der Waals surface area contributed by atoms with Crippen molar-refractivity contribution in [2.24, 2.45) is 10.4 Å². The predicted octanol–water partition coefficient (Wildman–Crippen LogP) is 3.68. The molecule has 0 aromatic carbocycles. The van der Waals surface area contributed by atoms with E-state index in [1.165, 1.54) is 5.71 Å². The summed E-state index contributed by atoms with van der Waals surface area (Å²) in [6.07, 6.45) is 1.06. The molecule has 0 saturated heterocycles. The van der Waals surface area contributed by atoms with Gasteiger partial charge in [-0.1, -0.05) is 27.7 Å². The molecule has 0 rings (SSSR count). The molecule has 0 aromatic rings. The highest BCUT2D eigenvalue weighted by atomic mass is 14.8. The van der Waals surface area contributed by atoms with E-state index in [2.05, 4.69) is 48.5 Å². The van der Waals surface area contributed by atoms with Crippen LogP contribution in [0.4, 0.5) is 0 Å². The van der Waals surface area contributed by atoms with Crippen LogP contribution in [-0.4, -0.2) is 11.3 Å². The van der Waals surface area contributed by atoms with E-state index in [1.807, 2.05) is 0 Å². The fourth-order valence-corrected chi connectivity index (χ4v) is 1.18. The molecule has 0 atom stereocenters. The summed E-state index contributed by atoms with van der Waals surface area (Å²) in [5, 5.41) is 0. The minimum atomic E-state index is 0.0681. The molecule has 0 aliphatic heterocycles. The Labute approximate surface area is 77.3 Å². The fraction of sp³-hybridized carbons (Fsp3) is 0.909. The normalized spacial score (nSPS) is 15.1.